The van der Waals surface area contributed by atoms with E-state index in [9.17, 15) is 9.59 Å². The molecule has 0 saturated carbocycles. The first-order valence-electron chi connectivity index (χ1n) is 5.62. The van der Waals surface area contributed by atoms with Crippen LogP contribution in [0.2, 0.25) is 5.02 Å². The quantitative estimate of drug-likeness (QED) is 0.866. The third-order valence-corrected chi connectivity index (χ3v) is 2.81. The van der Waals surface area contributed by atoms with Gasteiger partial charge < -0.3 is 20.9 Å². The van der Waals surface area contributed by atoms with Gasteiger partial charge in [0.05, 0.1) is 0 Å². The highest BCUT2D eigenvalue weighted by molar-refractivity contribution is 6.31. The van der Waals surface area contributed by atoms with Gasteiger partial charge in [-0.25, -0.2) is 9.59 Å². The molecule has 0 spiro atoms. The number of hydrogen-bond acceptors (Lipinski definition) is 4. The molecule has 2 amide bonds. The predicted octanol–water partition coefficient (Wildman–Crippen LogP) is 2.35. The summed E-state index contributed by atoms with van der Waals surface area (Å²) < 4.78 is 9.91. The standard InChI is InChI=1S/C12H15ClN2O4/c1-2-9(18-11(14)16)10(19-12(15)17)7-5-3-4-6-8(7)13/h3-6,9-10H,2H2,1H3,(H2,14,16)(H2,15,17). The van der Waals surface area contributed by atoms with Crippen LogP contribution in [-0.4, -0.2) is 18.3 Å². The number of amides is 2. The van der Waals surface area contributed by atoms with Crippen molar-refractivity contribution in [1.82, 2.24) is 0 Å². The smallest absolute Gasteiger partial charge is 0.405 e. The van der Waals surface area contributed by atoms with Crippen LogP contribution in [0.4, 0.5) is 9.59 Å². The molecular formula is C12H15ClN2O4. The molecule has 1 aromatic rings. The highest BCUT2D eigenvalue weighted by Crippen LogP contribution is 2.31. The average Bonchev–Trinajstić information content (AvgIpc) is 2.34. The molecule has 0 aliphatic heterocycles. The zero-order chi connectivity index (χ0) is 14.4. The first kappa shape index (κ1) is 15.1. The van der Waals surface area contributed by atoms with Crippen molar-refractivity contribution in [2.45, 2.75) is 25.6 Å². The predicted molar refractivity (Wildman–Crippen MR) is 69.6 cm³/mol. The minimum atomic E-state index is -0.989. The molecule has 2 unspecified atom stereocenters. The largest absolute Gasteiger partial charge is 0.442 e. The highest BCUT2D eigenvalue weighted by Gasteiger charge is 2.29. The van der Waals surface area contributed by atoms with Crippen molar-refractivity contribution in [2.24, 2.45) is 11.5 Å². The molecule has 2 atom stereocenters. The number of benzene rings is 1. The minimum Gasteiger partial charge on any atom is -0.442 e. The van der Waals surface area contributed by atoms with Gasteiger partial charge in [-0.1, -0.05) is 36.7 Å². The van der Waals surface area contributed by atoms with Gasteiger partial charge in [-0.05, 0) is 12.5 Å². The van der Waals surface area contributed by atoms with E-state index in [0.29, 0.717) is 17.0 Å². The van der Waals surface area contributed by atoms with Crippen LogP contribution in [-0.2, 0) is 9.47 Å². The summed E-state index contributed by atoms with van der Waals surface area (Å²) in [5.74, 6) is 0. The van der Waals surface area contributed by atoms with Gasteiger partial charge in [0.15, 0.2) is 6.10 Å². The fourth-order valence-corrected chi connectivity index (χ4v) is 1.92. The fourth-order valence-electron chi connectivity index (χ4n) is 1.68. The Balaban J connectivity index is 3.09. The van der Waals surface area contributed by atoms with E-state index in [0.717, 1.165) is 0 Å². The summed E-state index contributed by atoms with van der Waals surface area (Å²) in [6.45, 7) is 1.75. The van der Waals surface area contributed by atoms with E-state index in [2.05, 4.69) is 0 Å². The monoisotopic (exact) mass is 286 g/mol. The van der Waals surface area contributed by atoms with E-state index in [1.807, 2.05) is 0 Å². The molecule has 0 aliphatic rings. The Morgan fingerprint density at radius 3 is 2.26 bits per heavy atom. The van der Waals surface area contributed by atoms with E-state index in [1.54, 1.807) is 31.2 Å². The third kappa shape index (κ3) is 4.33. The Bertz CT molecular complexity index is 467. The van der Waals surface area contributed by atoms with Crippen LogP contribution in [0, 0.1) is 0 Å². The Kier molecular flexibility index (Phi) is 5.44. The maximum atomic E-state index is 11.0. The van der Waals surface area contributed by atoms with E-state index in [4.69, 9.17) is 32.5 Å². The van der Waals surface area contributed by atoms with Gasteiger partial charge in [0, 0.05) is 10.6 Å². The molecule has 0 aromatic heterocycles. The van der Waals surface area contributed by atoms with Crippen molar-refractivity contribution in [3.05, 3.63) is 34.9 Å². The van der Waals surface area contributed by atoms with Gasteiger partial charge in [0.2, 0.25) is 0 Å². The number of nitrogens with two attached hydrogens (primary N) is 2. The summed E-state index contributed by atoms with van der Waals surface area (Å²) >= 11 is 6.04. The summed E-state index contributed by atoms with van der Waals surface area (Å²) in [7, 11) is 0. The fraction of sp³-hybridized carbons (Fsp3) is 0.333. The molecule has 1 aromatic carbocycles. The first-order valence-corrected chi connectivity index (χ1v) is 6.00. The number of primary amides is 2. The van der Waals surface area contributed by atoms with E-state index >= 15 is 0 Å². The van der Waals surface area contributed by atoms with Crippen molar-refractivity contribution in [3.63, 3.8) is 0 Å². The molecule has 0 bridgehead atoms. The number of ether oxygens (including phenoxy) is 2. The second-order valence-electron chi connectivity index (χ2n) is 3.76. The Labute approximate surface area is 115 Å². The summed E-state index contributed by atoms with van der Waals surface area (Å²) in [5.41, 5.74) is 10.5. The number of carbonyl (C=O) groups is 2. The normalized spacial score (nSPS) is 13.4. The molecular weight excluding hydrogens is 272 g/mol. The summed E-state index contributed by atoms with van der Waals surface area (Å²) in [6.07, 6.45) is -3.23. The van der Waals surface area contributed by atoms with Gasteiger partial charge >= 0.3 is 12.2 Å². The van der Waals surface area contributed by atoms with Crippen LogP contribution in [0.5, 0.6) is 0 Å². The molecule has 1 rings (SSSR count). The van der Waals surface area contributed by atoms with Crippen molar-refractivity contribution in [1.29, 1.82) is 0 Å². The Hall–Kier alpha value is -1.95. The Morgan fingerprint density at radius 2 is 1.79 bits per heavy atom. The van der Waals surface area contributed by atoms with Gasteiger partial charge in [-0.3, -0.25) is 0 Å². The van der Waals surface area contributed by atoms with Gasteiger partial charge in [-0.2, -0.15) is 0 Å². The van der Waals surface area contributed by atoms with E-state index in [1.165, 1.54) is 0 Å². The van der Waals surface area contributed by atoms with Gasteiger partial charge in [0.1, 0.15) is 6.10 Å². The van der Waals surface area contributed by atoms with Crippen LogP contribution >= 0.6 is 11.6 Å². The van der Waals surface area contributed by atoms with Crippen molar-refractivity contribution in [3.8, 4) is 0 Å². The lowest BCUT2D eigenvalue weighted by atomic mass is 10.0. The number of rotatable bonds is 5. The second kappa shape index (κ2) is 6.84. The molecule has 4 N–H and O–H groups in total. The lowest BCUT2D eigenvalue weighted by Crippen LogP contribution is -2.32. The maximum absolute atomic E-state index is 11.0. The highest BCUT2D eigenvalue weighted by atomic mass is 35.5. The molecule has 0 aliphatic carbocycles. The van der Waals surface area contributed by atoms with Crippen LogP contribution in [0.15, 0.2) is 24.3 Å². The molecule has 0 saturated heterocycles. The number of hydrogen-bond donors (Lipinski definition) is 2. The minimum absolute atomic E-state index is 0.375. The third-order valence-electron chi connectivity index (χ3n) is 2.46. The molecule has 0 fully saturated rings. The van der Waals surface area contributed by atoms with Gasteiger partial charge in [-0.15, -0.1) is 0 Å². The van der Waals surface area contributed by atoms with Crippen LogP contribution in [0.25, 0.3) is 0 Å². The molecule has 6 nitrogen and oxygen atoms in total. The maximum Gasteiger partial charge on any atom is 0.405 e. The molecule has 104 valence electrons. The molecule has 0 radical (unpaired) electrons. The van der Waals surface area contributed by atoms with Crippen LogP contribution in [0.1, 0.15) is 25.0 Å². The van der Waals surface area contributed by atoms with Crippen LogP contribution < -0.4 is 11.5 Å². The van der Waals surface area contributed by atoms with Crippen molar-refractivity contribution in [2.75, 3.05) is 0 Å². The van der Waals surface area contributed by atoms with Crippen LogP contribution in [0.3, 0.4) is 0 Å². The summed E-state index contributed by atoms with van der Waals surface area (Å²) in [5, 5.41) is 0.375. The second-order valence-corrected chi connectivity index (χ2v) is 4.17. The van der Waals surface area contributed by atoms with Crippen molar-refractivity contribution >= 4 is 23.8 Å². The SMILES string of the molecule is CCC(OC(N)=O)C(OC(N)=O)c1ccccc1Cl. The average molecular weight is 287 g/mol. The number of carbonyl (C=O) groups excluding carboxylic acids is 2. The van der Waals surface area contributed by atoms with Crippen molar-refractivity contribution < 1.29 is 19.1 Å². The lowest BCUT2D eigenvalue weighted by molar-refractivity contribution is -0.00647. The summed E-state index contributed by atoms with van der Waals surface area (Å²) in [4.78, 5) is 21.9. The molecule has 7 heteroatoms. The van der Waals surface area contributed by atoms with Gasteiger partial charge in [0.25, 0.3) is 0 Å². The molecule has 19 heavy (non-hydrogen) atoms. The topological polar surface area (TPSA) is 105 Å². The zero-order valence-corrected chi connectivity index (χ0v) is 11.1. The Morgan fingerprint density at radius 1 is 1.21 bits per heavy atom. The summed E-state index contributed by atoms with van der Waals surface area (Å²) in [6, 6.07) is 6.73. The van der Waals surface area contributed by atoms with E-state index < -0.39 is 24.4 Å². The van der Waals surface area contributed by atoms with E-state index in [-0.39, 0.29) is 0 Å². The zero-order valence-electron chi connectivity index (χ0n) is 10.3. The number of halogens is 1. The first-order chi connectivity index (χ1) is 8.95. The lowest BCUT2D eigenvalue weighted by Gasteiger charge is -2.25. The molecule has 0 heterocycles.